The van der Waals surface area contributed by atoms with Gasteiger partial charge in [0.1, 0.15) is 0 Å². The Morgan fingerprint density at radius 3 is 0.667 bits per heavy atom. The summed E-state index contributed by atoms with van der Waals surface area (Å²) in [5.74, 6) is 0. The molecule has 174 valence electrons. The molecule has 0 atom stereocenters. The Bertz CT molecular complexity index is 137. The maximum absolute atomic E-state index is 2.26. The average Bonchev–Trinajstić information content (AvgIpc) is 2.70. The third-order valence-corrected chi connectivity index (χ3v) is 3.61. The van der Waals surface area contributed by atoms with Gasteiger partial charge in [-0.15, -0.1) is 0 Å². The van der Waals surface area contributed by atoms with Crippen molar-refractivity contribution in [1.82, 2.24) is 0 Å². The highest BCUT2D eigenvalue weighted by Gasteiger charge is 1.97. The zero-order valence-electron chi connectivity index (χ0n) is 22.9. The van der Waals surface area contributed by atoms with Crippen molar-refractivity contribution in [2.75, 3.05) is 27.7 Å². The van der Waals surface area contributed by atoms with E-state index >= 15 is 0 Å². The fourth-order valence-electron chi connectivity index (χ4n) is 1.21. The maximum atomic E-state index is 2.26. The van der Waals surface area contributed by atoms with Gasteiger partial charge in [0, 0.05) is 0 Å². The van der Waals surface area contributed by atoms with Crippen molar-refractivity contribution in [3.63, 3.8) is 0 Å². The van der Waals surface area contributed by atoms with E-state index in [0.717, 1.165) is 4.48 Å². The molecule has 0 aliphatic carbocycles. The molecule has 1 heteroatoms. The number of quaternary nitrogens is 1. The Kier molecular flexibility index (Phi) is 76.8. The molecule has 0 saturated heterocycles. The van der Waals surface area contributed by atoms with Crippen LogP contribution in [0.2, 0.25) is 0 Å². The van der Waals surface area contributed by atoms with E-state index in [9.17, 15) is 0 Å². The van der Waals surface area contributed by atoms with Crippen molar-refractivity contribution in [2.45, 2.75) is 147 Å². The highest BCUT2D eigenvalue weighted by Crippen LogP contribution is 2.03. The minimum atomic E-state index is 1.07. The van der Waals surface area contributed by atoms with Crippen molar-refractivity contribution in [2.24, 2.45) is 0 Å². The van der Waals surface area contributed by atoms with Gasteiger partial charge in [0.05, 0.1) is 27.7 Å². The number of rotatable bonds is 9. The summed E-state index contributed by atoms with van der Waals surface area (Å²) in [6.45, 7) is 24.7. The van der Waals surface area contributed by atoms with Crippen LogP contribution in [0.1, 0.15) is 147 Å². The molecule has 0 aliphatic heterocycles. The van der Waals surface area contributed by atoms with Crippen molar-refractivity contribution in [3.8, 4) is 0 Å². The van der Waals surface area contributed by atoms with Gasteiger partial charge in [0.2, 0.25) is 0 Å². The second-order valence-corrected chi connectivity index (χ2v) is 7.37. The number of hydrogen-bond acceptors (Lipinski definition) is 0. The van der Waals surface area contributed by atoms with Crippen molar-refractivity contribution >= 4 is 0 Å². The molecule has 0 aliphatic rings. The first-order valence-electron chi connectivity index (χ1n) is 12.6. The molecule has 0 saturated carbocycles. The normalized spacial score (nSPS) is 8.67. The minimum absolute atomic E-state index is 1.07. The Hall–Kier alpha value is -0.0400. The minimum Gasteiger partial charge on any atom is -0.331 e. The first-order valence-corrected chi connectivity index (χ1v) is 12.6. The van der Waals surface area contributed by atoms with Gasteiger partial charge >= 0.3 is 0 Å². The Morgan fingerprint density at radius 2 is 0.593 bits per heavy atom. The fourth-order valence-corrected chi connectivity index (χ4v) is 1.21. The summed E-state index contributed by atoms with van der Waals surface area (Å²) in [7, 11) is 6.54. The summed E-state index contributed by atoms with van der Waals surface area (Å²) in [5.41, 5.74) is 0. The molecule has 0 rings (SSSR count). The van der Waals surface area contributed by atoms with E-state index in [4.69, 9.17) is 0 Å². The quantitative estimate of drug-likeness (QED) is 0.270. The molecule has 27 heavy (non-hydrogen) atoms. The molecule has 0 aromatic rings. The molecule has 1 nitrogen and oxygen atoms in total. The van der Waals surface area contributed by atoms with Gasteiger partial charge < -0.3 is 4.48 Å². The summed E-state index contributed by atoms with van der Waals surface area (Å²) in [5, 5.41) is 0. The standard InChI is InChI=1S/C8H18.C5H14N.C5H12.C4H10.2C2H6/c1-3-5-7-8-6-4-2;1-5-6(2,3)4;1-3-5-4-2;1-3-4-2;2*1-2/h3-8H2,1-2H3;5H2,1-4H3;3-5H2,1-2H3;3-4H2,1-2H3;2*1-2H3/q;+1;;;;. The summed E-state index contributed by atoms with van der Waals surface area (Å²) >= 11 is 0. The van der Waals surface area contributed by atoms with Crippen molar-refractivity contribution in [1.29, 1.82) is 0 Å². The van der Waals surface area contributed by atoms with Gasteiger partial charge in [0.15, 0.2) is 0 Å². The predicted octanol–water partition coefficient (Wildman–Crippen LogP) is 10.1. The van der Waals surface area contributed by atoms with Crippen LogP contribution in [0.5, 0.6) is 0 Å². The Morgan fingerprint density at radius 1 is 0.370 bits per heavy atom. The molecule has 0 amide bonds. The summed E-state index contributed by atoms with van der Waals surface area (Å²) in [6, 6.07) is 0. The lowest BCUT2D eigenvalue weighted by atomic mass is 10.1. The van der Waals surface area contributed by atoms with E-state index in [1.165, 1.54) is 77.2 Å². The lowest BCUT2D eigenvalue weighted by Gasteiger charge is -2.20. The molecule has 0 bridgehead atoms. The topological polar surface area (TPSA) is 0 Å². The molecule has 0 fully saturated rings. The Balaban J connectivity index is -0.0000000524. The highest BCUT2D eigenvalue weighted by molar-refractivity contribution is 4.39. The molecule has 0 spiro atoms. The number of hydrogen-bond donors (Lipinski definition) is 0. The summed E-state index contributed by atoms with van der Waals surface area (Å²) in [4.78, 5) is 0. The zero-order chi connectivity index (χ0) is 23.0. The van der Waals surface area contributed by atoms with Gasteiger partial charge in [-0.05, 0) is 6.92 Å². The first kappa shape index (κ1) is 41.4. The molecular weight excluding hydrogens is 326 g/mol. The second kappa shape index (κ2) is 50.1. The molecule has 0 unspecified atom stereocenters. The van der Waals surface area contributed by atoms with Crippen LogP contribution in [0, 0.1) is 0 Å². The summed E-state index contributed by atoms with van der Waals surface area (Å²) < 4.78 is 1.07. The predicted molar refractivity (Wildman–Crippen MR) is 136 cm³/mol. The lowest BCUT2D eigenvalue weighted by Crippen LogP contribution is -2.33. The molecular formula is C26H66N+. The van der Waals surface area contributed by atoms with Crippen molar-refractivity contribution in [3.05, 3.63) is 0 Å². The zero-order valence-corrected chi connectivity index (χ0v) is 22.9. The van der Waals surface area contributed by atoms with E-state index in [0.29, 0.717) is 0 Å². The van der Waals surface area contributed by atoms with Gasteiger partial charge in [-0.2, -0.15) is 0 Å². The van der Waals surface area contributed by atoms with Crippen LogP contribution in [-0.2, 0) is 0 Å². The highest BCUT2D eigenvalue weighted by atomic mass is 15.3. The molecule has 0 aromatic heterocycles. The lowest BCUT2D eigenvalue weighted by molar-refractivity contribution is -0.868. The number of unbranched alkanes of at least 4 members (excludes halogenated alkanes) is 8. The van der Waals surface area contributed by atoms with E-state index in [1.54, 1.807) is 0 Å². The van der Waals surface area contributed by atoms with E-state index in [-0.39, 0.29) is 0 Å². The van der Waals surface area contributed by atoms with Crippen LogP contribution in [0.3, 0.4) is 0 Å². The van der Waals surface area contributed by atoms with Gasteiger partial charge in [0.25, 0.3) is 0 Å². The van der Waals surface area contributed by atoms with Crippen LogP contribution in [-0.4, -0.2) is 32.2 Å². The van der Waals surface area contributed by atoms with Crippen LogP contribution in [0.15, 0.2) is 0 Å². The van der Waals surface area contributed by atoms with Crippen LogP contribution >= 0.6 is 0 Å². The van der Waals surface area contributed by atoms with Crippen molar-refractivity contribution < 1.29 is 4.48 Å². The average molecular weight is 393 g/mol. The maximum Gasteiger partial charge on any atom is 0.0751 e. The molecule has 0 N–H and O–H groups in total. The van der Waals surface area contributed by atoms with Crippen LogP contribution in [0.25, 0.3) is 0 Å². The molecule has 0 aromatic carbocycles. The van der Waals surface area contributed by atoms with Gasteiger partial charge in [-0.1, -0.05) is 140 Å². The SMILES string of the molecule is CC.CC.CCCC.CCCCC.CCCCCCCC.CC[N+](C)(C)C. The molecule has 0 radical (unpaired) electrons. The largest absolute Gasteiger partial charge is 0.331 e. The van der Waals surface area contributed by atoms with E-state index in [2.05, 4.69) is 69.6 Å². The van der Waals surface area contributed by atoms with Gasteiger partial charge in [-0.3, -0.25) is 0 Å². The number of nitrogens with zero attached hydrogens (tertiary/aromatic N) is 1. The third-order valence-electron chi connectivity index (χ3n) is 3.61. The second-order valence-electron chi connectivity index (χ2n) is 7.37. The van der Waals surface area contributed by atoms with E-state index < -0.39 is 0 Å². The smallest absolute Gasteiger partial charge is 0.0751 e. The third kappa shape index (κ3) is 124. The fraction of sp³-hybridized carbons (Fsp3) is 1.00. The first-order chi connectivity index (χ1) is 12.8. The van der Waals surface area contributed by atoms with Crippen LogP contribution < -0.4 is 0 Å². The Labute approximate surface area is 179 Å². The van der Waals surface area contributed by atoms with E-state index in [1.807, 2.05) is 27.7 Å². The molecule has 0 heterocycles. The van der Waals surface area contributed by atoms with Gasteiger partial charge in [-0.25, -0.2) is 0 Å². The summed E-state index contributed by atoms with van der Waals surface area (Å²) in [6.07, 6.45) is 15.2. The monoisotopic (exact) mass is 393 g/mol. The van der Waals surface area contributed by atoms with Crippen LogP contribution in [0.4, 0.5) is 0 Å².